The van der Waals surface area contributed by atoms with Gasteiger partial charge in [0.05, 0.1) is 36.9 Å². The predicted molar refractivity (Wildman–Crippen MR) is 113 cm³/mol. The van der Waals surface area contributed by atoms with Crippen LogP contribution in [0.25, 0.3) is 10.2 Å². The van der Waals surface area contributed by atoms with Gasteiger partial charge in [-0.25, -0.2) is 4.98 Å². The van der Waals surface area contributed by atoms with Crippen molar-refractivity contribution in [2.75, 3.05) is 21.3 Å². The Labute approximate surface area is 178 Å². The molecule has 0 aliphatic carbocycles. The first-order chi connectivity index (χ1) is 14.5. The Morgan fingerprint density at radius 1 is 1.13 bits per heavy atom. The highest BCUT2D eigenvalue weighted by Crippen LogP contribution is 2.35. The fourth-order valence-electron chi connectivity index (χ4n) is 3.11. The zero-order valence-electron chi connectivity index (χ0n) is 17.2. The van der Waals surface area contributed by atoms with E-state index in [1.54, 1.807) is 7.11 Å². The van der Waals surface area contributed by atoms with Gasteiger partial charge in [0, 0.05) is 7.11 Å². The first-order valence-electron chi connectivity index (χ1n) is 9.24. The van der Waals surface area contributed by atoms with E-state index in [1.165, 1.54) is 25.6 Å². The molecule has 30 heavy (non-hydrogen) atoms. The van der Waals surface area contributed by atoms with Gasteiger partial charge in [0.1, 0.15) is 11.4 Å². The lowest BCUT2D eigenvalue weighted by Gasteiger charge is -2.18. The van der Waals surface area contributed by atoms with Gasteiger partial charge >= 0.3 is 5.97 Å². The van der Waals surface area contributed by atoms with Crippen LogP contribution in [0.3, 0.4) is 0 Å². The van der Waals surface area contributed by atoms with Crippen LogP contribution in [0.1, 0.15) is 39.1 Å². The van der Waals surface area contributed by atoms with Gasteiger partial charge in [-0.15, -0.1) is 11.3 Å². The first-order valence-corrected chi connectivity index (χ1v) is 10.1. The number of methoxy groups -OCH3 is 3. The van der Waals surface area contributed by atoms with E-state index in [0.717, 1.165) is 11.1 Å². The summed E-state index contributed by atoms with van der Waals surface area (Å²) in [7, 11) is 4.41. The van der Waals surface area contributed by atoms with E-state index in [2.05, 4.69) is 15.3 Å². The number of nitrogens with one attached hydrogen (secondary N) is 1. The molecule has 0 bridgehead atoms. The lowest BCUT2D eigenvalue weighted by atomic mass is 10.0. The third kappa shape index (κ3) is 4.58. The van der Waals surface area contributed by atoms with Crippen LogP contribution in [0, 0.1) is 6.92 Å². The van der Waals surface area contributed by atoms with Gasteiger partial charge in [0.25, 0.3) is 5.91 Å². The van der Waals surface area contributed by atoms with E-state index in [1.807, 2.05) is 37.3 Å². The van der Waals surface area contributed by atoms with Crippen molar-refractivity contribution in [3.05, 3.63) is 52.2 Å². The van der Waals surface area contributed by atoms with Crippen molar-refractivity contribution in [3.63, 3.8) is 0 Å². The maximum atomic E-state index is 13.1. The topological polar surface area (TPSA) is 99.6 Å². The molecule has 0 aliphatic heterocycles. The van der Waals surface area contributed by atoms with Crippen LogP contribution in [0.5, 0.6) is 5.88 Å². The number of carbonyl (C=O) groups excluding carboxylic acids is 2. The number of hydrogen-bond acceptors (Lipinski definition) is 8. The molecule has 0 fully saturated rings. The number of hydrogen-bond donors (Lipinski definition) is 1. The number of esters is 1. The third-order valence-corrected chi connectivity index (χ3v) is 5.77. The van der Waals surface area contributed by atoms with E-state index in [-0.39, 0.29) is 18.9 Å². The second-order valence-electron chi connectivity index (χ2n) is 6.54. The number of rotatable bonds is 8. The molecule has 3 aromatic rings. The minimum Gasteiger partial charge on any atom is -0.480 e. The minimum absolute atomic E-state index is 0.0251. The van der Waals surface area contributed by atoms with Gasteiger partial charge in [-0.05, 0) is 18.1 Å². The SMILES string of the molecule is COCc1nc(OC)c2c(C)c(C(=O)NC(CC(=O)OC)c3ccccc3)sc2n1. The van der Waals surface area contributed by atoms with E-state index >= 15 is 0 Å². The second-order valence-corrected chi connectivity index (χ2v) is 7.53. The van der Waals surface area contributed by atoms with Crippen LogP contribution < -0.4 is 10.1 Å². The van der Waals surface area contributed by atoms with Crippen molar-refractivity contribution in [2.45, 2.75) is 26.0 Å². The molecule has 1 amide bonds. The highest BCUT2D eigenvalue weighted by Gasteiger charge is 2.25. The molecular weight excluding hydrogens is 406 g/mol. The summed E-state index contributed by atoms with van der Waals surface area (Å²) in [6, 6.07) is 8.78. The number of ether oxygens (including phenoxy) is 3. The Kier molecular flexibility index (Phi) is 6.96. The normalized spacial score (nSPS) is 11.9. The molecule has 0 saturated carbocycles. The number of amides is 1. The zero-order chi connectivity index (χ0) is 21.7. The summed E-state index contributed by atoms with van der Waals surface area (Å²) >= 11 is 1.25. The van der Waals surface area contributed by atoms with Crippen molar-refractivity contribution in [1.82, 2.24) is 15.3 Å². The summed E-state index contributed by atoms with van der Waals surface area (Å²) in [4.78, 5) is 35.0. The van der Waals surface area contributed by atoms with Crippen LogP contribution in [0.15, 0.2) is 30.3 Å². The van der Waals surface area contributed by atoms with Gasteiger partial charge in [-0.2, -0.15) is 4.98 Å². The Morgan fingerprint density at radius 3 is 2.50 bits per heavy atom. The molecule has 2 heterocycles. The molecule has 0 radical (unpaired) electrons. The summed E-state index contributed by atoms with van der Waals surface area (Å²) in [5, 5.41) is 3.64. The molecular formula is C21H23N3O5S. The number of carbonyl (C=O) groups is 2. The maximum absolute atomic E-state index is 13.1. The van der Waals surface area contributed by atoms with E-state index in [0.29, 0.717) is 26.8 Å². The number of aromatic nitrogens is 2. The fraction of sp³-hybridized carbons (Fsp3) is 0.333. The van der Waals surface area contributed by atoms with Gasteiger partial charge in [-0.1, -0.05) is 30.3 Å². The van der Waals surface area contributed by atoms with Crippen LogP contribution in [-0.4, -0.2) is 43.2 Å². The lowest BCUT2D eigenvalue weighted by molar-refractivity contribution is -0.141. The summed E-state index contributed by atoms with van der Waals surface area (Å²) in [6.45, 7) is 2.06. The molecule has 1 atom stereocenters. The minimum atomic E-state index is -0.521. The monoisotopic (exact) mass is 429 g/mol. The maximum Gasteiger partial charge on any atom is 0.307 e. The molecule has 1 N–H and O–H groups in total. The molecule has 3 rings (SSSR count). The smallest absolute Gasteiger partial charge is 0.307 e. The molecule has 0 saturated heterocycles. The lowest BCUT2D eigenvalue weighted by Crippen LogP contribution is -2.30. The molecule has 8 nitrogen and oxygen atoms in total. The van der Waals surface area contributed by atoms with Crippen molar-refractivity contribution < 1.29 is 23.8 Å². The van der Waals surface area contributed by atoms with Crippen LogP contribution >= 0.6 is 11.3 Å². The van der Waals surface area contributed by atoms with Crippen LogP contribution in [0.4, 0.5) is 0 Å². The van der Waals surface area contributed by atoms with E-state index in [9.17, 15) is 9.59 Å². The molecule has 9 heteroatoms. The Balaban J connectivity index is 1.96. The average Bonchev–Trinajstić information content (AvgIpc) is 3.10. The Bertz CT molecular complexity index is 1050. The predicted octanol–water partition coefficient (Wildman–Crippen LogP) is 3.19. The largest absolute Gasteiger partial charge is 0.480 e. The molecule has 0 aliphatic rings. The summed E-state index contributed by atoms with van der Waals surface area (Å²) in [5.74, 6) is 0.162. The highest BCUT2D eigenvalue weighted by atomic mass is 32.1. The van der Waals surface area contributed by atoms with Gasteiger partial charge in [-0.3, -0.25) is 9.59 Å². The highest BCUT2D eigenvalue weighted by molar-refractivity contribution is 7.20. The molecule has 2 aromatic heterocycles. The molecule has 1 unspecified atom stereocenters. The number of benzene rings is 1. The van der Waals surface area contributed by atoms with Gasteiger partial charge in [0.15, 0.2) is 5.82 Å². The van der Waals surface area contributed by atoms with E-state index < -0.39 is 12.0 Å². The van der Waals surface area contributed by atoms with Gasteiger partial charge < -0.3 is 19.5 Å². The van der Waals surface area contributed by atoms with Crippen molar-refractivity contribution in [1.29, 1.82) is 0 Å². The Hall–Kier alpha value is -3.04. The van der Waals surface area contributed by atoms with Crippen molar-refractivity contribution >= 4 is 33.4 Å². The quantitative estimate of drug-likeness (QED) is 0.549. The molecule has 158 valence electrons. The number of fused-ring (bicyclic) bond motifs is 1. The summed E-state index contributed by atoms with van der Waals surface area (Å²) in [6.07, 6.45) is 0.0251. The third-order valence-electron chi connectivity index (χ3n) is 4.58. The summed E-state index contributed by atoms with van der Waals surface area (Å²) in [5.41, 5.74) is 1.54. The Morgan fingerprint density at radius 2 is 1.87 bits per heavy atom. The average molecular weight is 429 g/mol. The first kappa shape index (κ1) is 21.7. The summed E-state index contributed by atoms with van der Waals surface area (Å²) < 4.78 is 15.3. The second kappa shape index (κ2) is 9.64. The zero-order valence-corrected chi connectivity index (χ0v) is 18.0. The van der Waals surface area contributed by atoms with E-state index in [4.69, 9.17) is 14.2 Å². The number of aryl methyl sites for hydroxylation is 1. The number of thiophene rings is 1. The van der Waals surface area contributed by atoms with Crippen molar-refractivity contribution in [3.8, 4) is 5.88 Å². The standard InChI is InChI=1S/C21H23N3O5S/c1-12-17-20(29-4)23-15(11-27-2)24-21(17)30-18(12)19(26)22-14(10-16(25)28-3)13-8-6-5-7-9-13/h5-9,14H,10-11H2,1-4H3,(H,22,26). The fourth-order valence-corrected chi connectivity index (χ4v) is 4.21. The van der Waals surface area contributed by atoms with Crippen LogP contribution in [-0.2, 0) is 20.9 Å². The number of nitrogens with zero attached hydrogens (tertiary/aromatic N) is 2. The molecule has 0 spiro atoms. The van der Waals surface area contributed by atoms with Crippen molar-refractivity contribution in [2.24, 2.45) is 0 Å². The molecule has 1 aromatic carbocycles. The van der Waals surface area contributed by atoms with Gasteiger partial charge in [0.2, 0.25) is 5.88 Å². The van der Waals surface area contributed by atoms with Crippen LogP contribution in [0.2, 0.25) is 0 Å².